The number of amides is 1. The normalized spacial score (nSPS) is 11.0. The summed E-state index contributed by atoms with van der Waals surface area (Å²) in [5.41, 5.74) is 4.15. The van der Waals surface area contributed by atoms with Gasteiger partial charge in [0.15, 0.2) is 0 Å². The van der Waals surface area contributed by atoms with Crippen LogP contribution in [0.2, 0.25) is 5.02 Å². The molecule has 2 aromatic heterocycles. The van der Waals surface area contributed by atoms with Crippen LogP contribution in [-0.2, 0) is 13.1 Å². The molecule has 1 amide bonds. The zero-order chi connectivity index (χ0) is 23.4. The van der Waals surface area contributed by atoms with E-state index in [0.29, 0.717) is 23.7 Å². The molecule has 7 heteroatoms. The molecular weight excluding hydrogens is 436 g/mol. The van der Waals surface area contributed by atoms with Gasteiger partial charge < -0.3 is 9.88 Å². The molecule has 2 heterocycles. The maximum Gasteiger partial charge on any atom is 0.255 e. The van der Waals surface area contributed by atoms with Crippen molar-refractivity contribution in [2.75, 3.05) is 0 Å². The lowest BCUT2D eigenvalue weighted by Crippen LogP contribution is -2.24. The van der Waals surface area contributed by atoms with Crippen molar-refractivity contribution in [3.63, 3.8) is 0 Å². The number of benzene rings is 2. The van der Waals surface area contributed by atoms with Crippen LogP contribution in [0.5, 0.6) is 0 Å². The van der Waals surface area contributed by atoms with Crippen LogP contribution in [0, 0.1) is 0 Å². The number of carbonyl (C=O) groups is 1. The third-order valence-electron chi connectivity index (χ3n) is 5.38. The van der Waals surface area contributed by atoms with Crippen LogP contribution >= 0.6 is 11.6 Å². The Kier molecular flexibility index (Phi) is 6.75. The van der Waals surface area contributed by atoms with Gasteiger partial charge in [0.25, 0.3) is 11.5 Å². The summed E-state index contributed by atoms with van der Waals surface area (Å²) in [6.07, 6.45) is 3.37. The van der Waals surface area contributed by atoms with Crippen molar-refractivity contribution in [3.05, 3.63) is 117 Å². The van der Waals surface area contributed by atoms with E-state index in [9.17, 15) is 9.59 Å². The fraction of sp³-hybridized carbons (Fsp3) is 0.192. The molecule has 0 bridgehead atoms. The summed E-state index contributed by atoms with van der Waals surface area (Å²) in [6.45, 7) is 4.97. The highest BCUT2D eigenvalue weighted by Crippen LogP contribution is 2.24. The second kappa shape index (κ2) is 9.88. The van der Waals surface area contributed by atoms with Crippen molar-refractivity contribution in [2.24, 2.45) is 0 Å². The van der Waals surface area contributed by atoms with Crippen molar-refractivity contribution in [1.82, 2.24) is 19.7 Å². The Bertz CT molecular complexity index is 1320. The van der Waals surface area contributed by atoms with Gasteiger partial charge in [0.2, 0.25) is 0 Å². The van der Waals surface area contributed by atoms with E-state index in [1.54, 1.807) is 39.8 Å². The lowest BCUT2D eigenvalue weighted by molar-refractivity contribution is 0.0949. The van der Waals surface area contributed by atoms with Gasteiger partial charge in [-0.2, -0.15) is 5.10 Å². The first-order valence-electron chi connectivity index (χ1n) is 10.8. The van der Waals surface area contributed by atoms with E-state index in [1.807, 2.05) is 62.4 Å². The molecule has 2 aromatic carbocycles. The van der Waals surface area contributed by atoms with Crippen LogP contribution < -0.4 is 10.9 Å². The number of hydrogen-bond acceptors (Lipinski definition) is 3. The van der Waals surface area contributed by atoms with E-state index in [1.165, 1.54) is 0 Å². The lowest BCUT2D eigenvalue weighted by Gasteiger charge is -2.13. The number of rotatable bonds is 7. The summed E-state index contributed by atoms with van der Waals surface area (Å²) in [7, 11) is 0. The quantitative estimate of drug-likeness (QED) is 0.431. The van der Waals surface area contributed by atoms with Crippen molar-refractivity contribution >= 4 is 17.5 Å². The number of nitrogens with one attached hydrogen (secondary N) is 1. The standard InChI is InChI=1S/C26H25ClN4O2/c1-18(2)25-23(16-29-31(25)22-7-5-6-21(27)14-22)26(33)28-15-19-9-11-20(12-10-19)17-30-13-4-3-8-24(30)32/h3-14,16,18H,15,17H2,1-2H3,(H,28,33). The van der Waals surface area contributed by atoms with Gasteiger partial charge in [0.1, 0.15) is 0 Å². The predicted molar refractivity (Wildman–Crippen MR) is 130 cm³/mol. The fourth-order valence-corrected chi connectivity index (χ4v) is 3.91. The Morgan fingerprint density at radius 3 is 2.48 bits per heavy atom. The fourth-order valence-electron chi connectivity index (χ4n) is 3.73. The first-order valence-corrected chi connectivity index (χ1v) is 11.2. The number of carbonyl (C=O) groups excluding carboxylic acids is 1. The minimum Gasteiger partial charge on any atom is -0.348 e. The monoisotopic (exact) mass is 460 g/mol. The van der Waals surface area contributed by atoms with E-state index >= 15 is 0 Å². The Hall–Kier alpha value is -3.64. The maximum atomic E-state index is 13.0. The molecular formula is C26H25ClN4O2. The SMILES string of the molecule is CC(C)c1c(C(=O)NCc2ccc(Cn3ccccc3=O)cc2)cnn1-c1cccc(Cl)c1. The molecule has 0 aliphatic rings. The highest BCUT2D eigenvalue weighted by Gasteiger charge is 2.21. The molecule has 0 spiro atoms. The first kappa shape index (κ1) is 22.6. The lowest BCUT2D eigenvalue weighted by atomic mass is 10.0. The van der Waals surface area contributed by atoms with Crippen LogP contribution in [0.1, 0.15) is 46.9 Å². The smallest absolute Gasteiger partial charge is 0.255 e. The molecule has 0 saturated carbocycles. The Morgan fingerprint density at radius 1 is 1.03 bits per heavy atom. The van der Waals surface area contributed by atoms with Gasteiger partial charge >= 0.3 is 0 Å². The third-order valence-corrected chi connectivity index (χ3v) is 5.61. The molecule has 4 rings (SSSR count). The molecule has 6 nitrogen and oxygen atoms in total. The molecule has 0 unspecified atom stereocenters. The van der Waals surface area contributed by atoms with Crippen molar-refractivity contribution < 1.29 is 4.79 Å². The number of aromatic nitrogens is 3. The van der Waals surface area contributed by atoms with Gasteiger partial charge in [0.05, 0.1) is 29.7 Å². The van der Waals surface area contributed by atoms with E-state index in [0.717, 1.165) is 22.5 Å². The number of pyridine rings is 1. The summed E-state index contributed by atoms with van der Waals surface area (Å²) >= 11 is 6.14. The molecule has 4 aromatic rings. The predicted octanol–water partition coefficient (Wildman–Crippen LogP) is 4.79. The number of hydrogen-bond donors (Lipinski definition) is 1. The summed E-state index contributed by atoms with van der Waals surface area (Å²) in [5.74, 6) is -0.0835. The van der Waals surface area contributed by atoms with Gasteiger partial charge in [-0.1, -0.05) is 61.8 Å². The van der Waals surface area contributed by atoms with Crippen LogP contribution in [0.4, 0.5) is 0 Å². The summed E-state index contributed by atoms with van der Waals surface area (Å²) in [6, 6.07) is 20.4. The first-order chi connectivity index (χ1) is 15.9. The second-order valence-corrected chi connectivity index (χ2v) is 8.59. The summed E-state index contributed by atoms with van der Waals surface area (Å²) in [4.78, 5) is 24.9. The minimum absolute atomic E-state index is 0.0342. The topological polar surface area (TPSA) is 68.9 Å². The molecule has 168 valence electrons. The van der Waals surface area contributed by atoms with Crippen molar-refractivity contribution in [1.29, 1.82) is 0 Å². The molecule has 0 aliphatic carbocycles. The van der Waals surface area contributed by atoms with Crippen LogP contribution in [0.15, 0.2) is 83.9 Å². The Morgan fingerprint density at radius 2 is 1.79 bits per heavy atom. The van der Waals surface area contributed by atoms with E-state index < -0.39 is 0 Å². The van der Waals surface area contributed by atoms with Gasteiger partial charge in [-0.05, 0) is 41.3 Å². The molecule has 1 N–H and O–H groups in total. The molecule has 0 aliphatic heterocycles. The largest absolute Gasteiger partial charge is 0.348 e. The van der Waals surface area contributed by atoms with Crippen LogP contribution in [0.3, 0.4) is 0 Å². The highest BCUT2D eigenvalue weighted by atomic mass is 35.5. The molecule has 33 heavy (non-hydrogen) atoms. The number of nitrogens with zero attached hydrogens (tertiary/aromatic N) is 3. The highest BCUT2D eigenvalue weighted by molar-refractivity contribution is 6.30. The van der Waals surface area contributed by atoms with Gasteiger partial charge in [-0.3, -0.25) is 9.59 Å². The minimum atomic E-state index is -0.174. The van der Waals surface area contributed by atoms with E-state index in [-0.39, 0.29) is 17.4 Å². The van der Waals surface area contributed by atoms with E-state index in [4.69, 9.17) is 11.6 Å². The molecule has 0 atom stereocenters. The third kappa shape index (κ3) is 5.23. The number of halogens is 1. The summed E-state index contributed by atoms with van der Waals surface area (Å²) in [5, 5.41) is 8.06. The molecule has 0 saturated heterocycles. The maximum absolute atomic E-state index is 13.0. The zero-order valence-electron chi connectivity index (χ0n) is 18.5. The Balaban J connectivity index is 1.46. The van der Waals surface area contributed by atoms with Crippen molar-refractivity contribution in [3.8, 4) is 5.69 Å². The van der Waals surface area contributed by atoms with Gasteiger partial charge in [0, 0.05) is 23.8 Å². The molecule has 0 fully saturated rings. The van der Waals surface area contributed by atoms with E-state index in [2.05, 4.69) is 10.4 Å². The Labute approximate surface area is 197 Å². The zero-order valence-corrected chi connectivity index (χ0v) is 19.3. The molecule has 0 radical (unpaired) electrons. The van der Waals surface area contributed by atoms with Crippen LogP contribution in [-0.4, -0.2) is 20.3 Å². The average Bonchev–Trinajstić information content (AvgIpc) is 3.26. The van der Waals surface area contributed by atoms with Gasteiger partial charge in [-0.15, -0.1) is 0 Å². The second-order valence-electron chi connectivity index (χ2n) is 8.16. The summed E-state index contributed by atoms with van der Waals surface area (Å²) < 4.78 is 3.42. The van der Waals surface area contributed by atoms with Crippen molar-refractivity contribution in [2.45, 2.75) is 32.9 Å². The average molecular weight is 461 g/mol. The van der Waals surface area contributed by atoms with Crippen LogP contribution in [0.25, 0.3) is 5.69 Å². The van der Waals surface area contributed by atoms with Gasteiger partial charge in [-0.25, -0.2) is 4.68 Å².